The number of nitrogen functional groups attached to an aromatic ring is 1. The summed E-state index contributed by atoms with van der Waals surface area (Å²) in [5.41, 5.74) is 12.6. The number of aliphatic hydroxyl groups excluding tert-OH is 1. The van der Waals surface area contributed by atoms with E-state index < -0.39 is 11.7 Å². The largest absolute Gasteiger partial charge is 0.398 e. The van der Waals surface area contributed by atoms with E-state index >= 15 is 0 Å². The van der Waals surface area contributed by atoms with E-state index in [4.69, 9.17) is 16.6 Å². The zero-order valence-corrected chi connectivity index (χ0v) is 17.7. The Bertz CT molecular complexity index is 968. The van der Waals surface area contributed by atoms with Crippen molar-refractivity contribution in [3.63, 3.8) is 0 Å². The molecule has 2 aliphatic rings. The number of carbonyl (C=O) groups is 2. The topological polar surface area (TPSA) is 124 Å². The van der Waals surface area contributed by atoms with Crippen molar-refractivity contribution in [3.05, 3.63) is 40.5 Å². The molecule has 1 amide bonds. The van der Waals surface area contributed by atoms with Crippen LogP contribution < -0.4 is 11.5 Å². The summed E-state index contributed by atoms with van der Waals surface area (Å²) in [5.74, 6) is -1.69. The first-order valence-corrected chi connectivity index (χ1v) is 10.2. The normalized spacial score (nSPS) is 18.0. The predicted octanol–water partition coefficient (Wildman–Crippen LogP) is 3.08. The number of aliphatic hydroxyl groups is 1. The summed E-state index contributed by atoms with van der Waals surface area (Å²) in [6.45, 7) is 5.76. The first kappa shape index (κ1) is 22.0. The number of halogens is 1. The highest BCUT2D eigenvalue weighted by Crippen LogP contribution is 2.37. The van der Waals surface area contributed by atoms with Gasteiger partial charge in [-0.3, -0.25) is 9.59 Å². The predicted molar refractivity (Wildman–Crippen MR) is 112 cm³/mol. The molecular weight excluding hydrogens is 387 g/mol. The molecule has 8 heteroatoms. The van der Waals surface area contributed by atoms with E-state index in [9.17, 15) is 14.0 Å². The highest BCUT2D eigenvalue weighted by Gasteiger charge is 2.36. The minimum atomic E-state index is -0.925. The van der Waals surface area contributed by atoms with Gasteiger partial charge in [0.05, 0.1) is 34.3 Å². The van der Waals surface area contributed by atoms with E-state index in [0.717, 1.165) is 24.6 Å². The third-order valence-electron chi connectivity index (χ3n) is 5.64. The Balaban J connectivity index is 0.000000367. The van der Waals surface area contributed by atoms with E-state index in [1.54, 1.807) is 6.92 Å². The van der Waals surface area contributed by atoms with Gasteiger partial charge in [-0.25, -0.2) is 9.07 Å². The minimum absolute atomic E-state index is 0.0344. The van der Waals surface area contributed by atoms with Gasteiger partial charge in [0, 0.05) is 18.2 Å². The van der Waals surface area contributed by atoms with Gasteiger partial charge < -0.3 is 16.6 Å². The summed E-state index contributed by atoms with van der Waals surface area (Å²) in [6.07, 6.45) is 5.69. The summed E-state index contributed by atoms with van der Waals surface area (Å²) in [7, 11) is 0. The van der Waals surface area contributed by atoms with Crippen molar-refractivity contribution in [1.29, 1.82) is 0 Å². The van der Waals surface area contributed by atoms with Crippen LogP contribution >= 0.6 is 0 Å². The Hall–Kier alpha value is -2.74. The van der Waals surface area contributed by atoms with Gasteiger partial charge in [-0.2, -0.15) is 5.10 Å². The molecule has 1 aromatic heterocycles. The molecule has 1 heterocycles. The van der Waals surface area contributed by atoms with Crippen LogP contribution in [0.3, 0.4) is 0 Å². The fourth-order valence-electron chi connectivity index (χ4n) is 4.25. The number of nitrogens with zero attached hydrogens (tertiary/aromatic N) is 2. The van der Waals surface area contributed by atoms with Crippen LogP contribution in [0, 0.1) is 18.2 Å². The number of aryl methyl sites for hydroxylation is 1. The van der Waals surface area contributed by atoms with Crippen molar-refractivity contribution < 1.29 is 19.1 Å². The highest BCUT2D eigenvalue weighted by molar-refractivity contribution is 6.00. The van der Waals surface area contributed by atoms with E-state index in [0.29, 0.717) is 29.8 Å². The first-order valence-electron chi connectivity index (χ1n) is 10.2. The zero-order valence-electron chi connectivity index (χ0n) is 17.7. The lowest BCUT2D eigenvalue weighted by Crippen LogP contribution is -2.28. The van der Waals surface area contributed by atoms with E-state index in [-0.39, 0.29) is 28.6 Å². The van der Waals surface area contributed by atoms with E-state index in [1.807, 2.05) is 13.8 Å². The molecule has 0 saturated heterocycles. The van der Waals surface area contributed by atoms with Crippen molar-refractivity contribution in [3.8, 4) is 5.69 Å². The van der Waals surface area contributed by atoms with Crippen LogP contribution in [0.2, 0.25) is 0 Å². The molecule has 4 rings (SSSR count). The molecule has 7 nitrogen and oxygen atoms in total. The third-order valence-corrected chi connectivity index (χ3v) is 5.64. The average molecular weight is 416 g/mol. The summed E-state index contributed by atoms with van der Waals surface area (Å²) in [6, 6.07) is 2.61. The van der Waals surface area contributed by atoms with Gasteiger partial charge in [-0.15, -0.1) is 0 Å². The average Bonchev–Trinajstić information content (AvgIpc) is 3.20. The Kier molecular flexibility index (Phi) is 5.99. The second-order valence-corrected chi connectivity index (χ2v) is 8.95. The van der Waals surface area contributed by atoms with Crippen LogP contribution in [0.5, 0.6) is 0 Å². The monoisotopic (exact) mass is 416 g/mol. The number of hydrogen-bond donors (Lipinski definition) is 3. The fraction of sp³-hybridized carbons (Fsp3) is 0.500. The number of primary amides is 1. The highest BCUT2D eigenvalue weighted by atomic mass is 19.1. The Labute approximate surface area is 175 Å². The fourth-order valence-corrected chi connectivity index (χ4v) is 4.25. The molecule has 5 N–H and O–H groups in total. The molecule has 0 aliphatic heterocycles. The van der Waals surface area contributed by atoms with Gasteiger partial charge in [0.25, 0.3) is 5.91 Å². The van der Waals surface area contributed by atoms with Crippen LogP contribution in [0.25, 0.3) is 5.69 Å². The summed E-state index contributed by atoms with van der Waals surface area (Å²) < 4.78 is 15.8. The summed E-state index contributed by atoms with van der Waals surface area (Å²) >= 11 is 0. The van der Waals surface area contributed by atoms with Crippen LogP contribution in [-0.4, -0.2) is 32.7 Å². The van der Waals surface area contributed by atoms with Crippen LogP contribution in [-0.2, 0) is 6.42 Å². The number of amides is 1. The molecule has 1 saturated carbocycles. The van der Waals surface area contributed by atoms with Crippen molar-refractivity contribution in [2.75, 3.05) is 5.73 Å². The van der Waals surface area contributed by atoms with Crippen LogP contribution in [0.4, 0.5) is 10.1 Å². The molecule has 162 valence electrons. The van der Waals surface area contributed by atoms with Crippen LogP contribution in [0.15, 0.2) is 12.1 Å². The molecular formula is C22H29FN4O3. The van der Waals surface area contributed by atoms with Crippen molar-refractivity contribution in [2.45, 2.75) is 65.4 Å². The lowest BCUT2D eigenvalue weighted by Gasteiger charge is -2.29. The second kappa shape index (κ2) is 8.18. The molecule has 1 aromatic carbocycles. The molecule has 0 bridgehead atoms. The SMILES string of the molecule is Cc1nn(-c2cc(N)c(C(N)=O)c(F)c2)c2c1C(=O)CC(C)(C)C2.OC1CCCC1. The Morgan fingerprint density at radius 1 is 1.27 bits per heavy atom. The number of ketones is 1. The third kappa shape index (κ3) is 4.38. The summed E-state index contributed by atoms with van der Waals surface area (Å²) in [4.78, 5) is 23.7. The van der Waals surface area contributed by atoms with Gasteiger partial charge >= 0.3 is 0 Å². The maximum Gasteiger partial charge on any atom is 0.253 e. The Morgan fingerprint density at radius 3 is 2.40 bits per heavy atom. The molecule has 0 unspecified atom stereocenters. The number of anilines is 1. The van der Waals surface area contributed by atoms with Gasteiger partial charge in [0.2, 0.25) is 0 Å². The molecule has 2 aliphatic carbocycles. The number of hydrogen-bond acceptors (Lipinski definition) is 5. The molecule has 0 radical (unpaired) electrons. The van der Waals surface area contributed by atoms with Crippen molar-refractivity contribution in [2.24, 2.45) is 11.1 Å². The molecule has 2 aromatic rings. The quantitative estimate of drug-likeness (QED) is 0.649. The summed E-state index contributed by atoms with van der Waals surface area (Å²) in [5, 5.41) is 13.1. The number of Topliss-reactive ketones (excluding diaryl/α,β-unsaturated/α-hetero) is 1. The lowest BCUT2D eigenvalue weighted by atomic mass is 9.75. The van der Waals surface area contributed by atoms with Gasteiger partial charge in [-0.1, -0.05) is 26.7 Å². The van der Waals surface area contributed by atoms with E-state index in [2.05, 4.69) is 5.10 Å². The maximum atomic E-state index is 14.2. The number of nitrogens with two attached hydrogens (primary N) is 2. The number of carbonyl (C=O) groups excluding carboxylic acids is 2. The van der Waals surface area contributed by atoms with Crippen LogP contribution in [0.1, 0.15) is 78.1 Å². The van der Waals surface area contributed by atoms with Gasteiger partial charge in [0.15, 0.2) is 5.78 Å². The second-order valence-electron chi connectivity index (χ2n) is 8.95. The number of rotatable bonds is 2. The zero-order chi connectivity index (χ0) is 22.2. The Morgan fingerprint density at radius 2 is 1.90 bits per heavy atom. The van der Waals surface area contributed by atoms with E-state index in [1.165, 1.54) is 23.6 Å². The standard InChI is InChI=1S/C17H19FN4O2.C5H10O/c1-8-14-12(6-17(2,3)7-13(14)23)22(21-8)9-4-10(18)15(16(20)24)11(19)5-9;6-5-3-1-2-4-5/h4-5H,6-7,19H2,1-3H3,(H2,20,24);5-6H,1-4H2. The van der Waals surface area contributed by atoms with Gasteiger partial charge in [0.1, 0.15) is 5.82 Å². The number of benzene rings is 1. The molecule has 30 heavy (non-hydrogen) atoms. The number of aromatic nitrogens is 2. The van der Waals surface area contributed by atoms with Crippen molar-refractivity contribution >= 4 is 17.4 Å². The van der Waals surface area contributed by atoms with Gasteiger partial charge in [-0.05, 0) is 37.7 Å². The lowest BCUT2D eigenvalue weighted by molar-refractivity contribution is 0.0909. The van der Waals surface area contributed by atoms with Crippen molar-refractivity contribution in [1.82, 2.24) is 9.78 Å². The number of fused-ring (bicyclic) bond motifs is 1. The molecule has 0 spiro atoms. The minimum Gasteiger partial charge on any atom is -0.398 e. The maximum absolute atomic E-state index is 14.2. The first-order chi connectivity index (χ1) is 14.0. The smallest absolute Gasteiger partial charge is 0.253 e. The molecule has 0 atom stereocenters. The molecule has 1 fully saturated rings.